The van der Waals surface area contributed by atoms with Crippen LogP contribution in [0.15, 0.2) is 427 Å². The van der Waals surface area contributed by atoms with Gasteiger partial charge in [0, 0.05) is 155 Å². The van der Waals surface area contributed by atoms with Gasteiger partial charge in [-0.15, -0.1) is 0 Å². The van der Waals surface area contributed by atoms with Gasteiger partial charge in [-0.05, 0) is 253 Å². The first-order valence-electron chi connectivity index (χ1n) is 35.8. The predicted molar refractivity (Wildman–Crippen MR) is 485 cm³/mol. The van der Waals surface area contributed by atoms with E-state index < -0.39 is 0 Å². The van der Waals surface area contributed by atoms with Crippen molar-refractivity contribution in [2.45, 2.75) is 7.43 Å². The topological polar surface area (TPSA) is 69.8 Å². The Hall–Kier alpha value is -12.1. The van der Waals surface area contributed by atoms with Crippen LogP contribution in [-0.2, 0) is 0 Å². The first kappa shape index (κ1) is 73.4. The molecule has 6 aromatic heterocycles. The number of aromatic amines is 2. The van der Waals surface area contributed by atoms with Crippen molar-refractivity contribution in [3.05, 3.63) is 430 Å². The Morgan fingerprint density at radius 3 is 0.755 bits per heavy atom. The Labute approximate surface area is 679 Å². The molecule has 0 saturated carbocycles. The van der Waals surface area contributed by atoms with Crippen molar-refractivity contribution in [3.63, 3.8) is 0 Å². The number of para-hydroxylation sites is 6. The van der Waals surface area contributed by atoms with Crippen LogP contribution >= 0.6 is 70.4 Å². The third-order valence-corrected chi connectivity index (χ3v) is 21.2. The van der Waals surface area contributed by atoms with Crippen LogP contribution in [0.3, 0.4) is 0 Å². The van der Waals surface area contributed by atoms with E-state index in [1.165, 1.54) is 69.0 Å². The van der Waals surface area contributed by atoms with Gasteiger partial charge < -0.3 is 43.4 Å². The number of hydrogen-bond acceptors (Lipinski definition) is 3. The predicted octanol–water partition coefficient (Wildman–Crippen LogP) is 29.4. The van der Waals surface area contributed by atoms with Crippen LogP contribution in [0.25, 0.3) is 88.2 Å². The molecule has 20 aromatic rings. The summed E-state index contributed by atoms with van der Waals surface area (Å²) in [5.41, 5.74) is 20.7. The normalized spacial score (nSPS) is 10.8. The maximum Gasteiger partial charge on any atom is 0.0777 e. The van der Waals surface area contributed by atoms with E-state index in [0.29, 0.717) is 0 Å². The lowest BCUT2D eigenvalue weighted by Gasteiger charge is -2.25. The smallest absolute Gasteiger partial charge is 0.0777 e. The number of nitrogens with one attached hydrogen (secondary N) is 3. The molecular formula is C97H75Br3IN9. The molecule has 0 amide bonds. The second-order valence-corrected chi connectivity index (χ2v) is 29.9. The number of halogens is 4. The lowest BCUT2D eigenvalue weighted by molar-refractivity contribution is 1.10. The molecule has 0 aliphatic carbocycles. The highest BCUT2D eigenvalue weighted by atomic mass is 127. The van der Waals surface area contributed by atoms with Crippen molar-refractivity contribution < 1.29 is 0 Å². The molecule has 6 heterocycles. The minimum atomic E-state index is 0. The highest BCUT2D eigenvalue weighted by Gasteiger charge is 2.19. The van der Waals surface area contributed by atoms with E-state index in [4.69, 9.17) is 0 Å². The van der Waals surface area contributed by atoms with Crippen LogP contribution in [0, 0.1) is 3.57 Å². The SMILES string of the molecule is Brc1ccc(-n2ccc3ccc4ccn(-c5ccc(Br)cc5)c4c32)cc1.Brc1ccc(I)cc1.C.c1cc2ccc3cc[nH]c3c2[nH]1.c1ccc(N(c2ccccc2)c2ccc(-n3ccc4ccc5ccn(-c6ccc(N(c7ccccc7)c7ccccc7)cc6)c5c43)cc2)cc1.c1ccc(Nc2ccccc2)cc1. The monoisotopic (exact) mass is 1730 g/mol. The van der Waals surface area contributed by atoms with Crippen molar-refractivity contribution in [1.29, 1.82) is 0 Å². The maximum atomic E-state index is 3.52. The zero-order valence-electron chi connectivity index (χ0n) is 59.0. The third-order valence-electron chi connectivity index (χ3n) is 18.9. The van der Waals surface area contributed by atoms with Gasteiger partial charge in [-0.25, -0.2) is 0 Å². The Morgan fingerprint density at radius 2 is 0.482 bits per heavy atom. The molecular weight excluding hydrogens is 1660 g/mol. The maximum absolute atomic E-state index is 3.52. The van der Waals surface area contributed by atoms with Crippen LogP contribution in [-0.4, -0.2) is 28.2 Å². The van der Waals surface area contributed by atoms with Crippen LogP contribution in [0.2, 0.25) is 0 Å². The molecule has 0 spiro atoms. The summed E-state index contributed by atoms with van der Waals surface area (Å²) in [5, 5.41) is 10.7. The van der Waals surface area contributed by atoms with Gasteiger partial charge in [0.05, 0.1) is 33.1 Å². The molecule has 0 bridgehead atoms. The Balaban J connectivity index is 0.000000131. The molecule has 3 N–H and O–H groups in total. The molecule has 0 radical (unpaired) electrons. The summed E-state index contributed by atoms with van der Waals surface area (Å²) >= 11 is 12.7. The van der Waals surface area contributed by atoms with Gasteiger partial charge in [-0.2, -0.15) is 0 Å². The first-order valence-corrected chi connectivity index (χ1v) is 39.2. The van der Waals surface area contributed by atoms with E-state index in [0.717, 1.165) is 81.7 Å². The van der Waals surface area contributed by atoms with Gasteiger partial charge >= 0.3 is 0 Å². The van der Waals surface area contributed by atoms with Crippen molar-refractivity contribution >= 4 is 181 Å². The van der Waals surface area contributed by atoms with E-state index in [-0.39, 0.29) is 7.43 Å². The third kappa shape index (κ3) is 16.5. The summed E-state index contributed by atoms with van der Waals surface area (Å²) in [4.78, 5) is 11.0. The fraction of sp³-hybridized carbons (Fsp3) is 0.0103. The van der Waals surface area contributed by atoms with Crippen molar-refractivity contribution in [2.24, 2.45) is 0 Å². The summed E-state index contributed by atoms with van der Waals surface area (Å²) in [6.45, 7) is 0. The van der Waals surface area contributed by atoms with Gasteiger partial charge in [-0.3, -0.25) is 0 Å². The van der Waals surface area contributed by atoms with E-state index in [9.17, 15) is 0 Å². The highest BCUT2D eigenvalue weighted by molar-refractivity contribution is 14.1. The van der Waals surface area contributed by atoms with Crippen molar-refractivity contribution in [3.8, 4) is 22.7 Å². The largest absolute Gasteiger partial charge is 0.359 e. The zero-order valence-corrected chi connectivity index (χ0v) is 65.9. The van der Waals surface area contributed by atoms with Gasteiger partial charge in [-0.1, -0.05) is 201 Å². The molecule has 536 valence electrons. The standard InChI is InChI=1S/C46H34N4.C22H14Br2N2.C12H11N.C10H8N2.C6H4BrI.CH4/c1-5-13-39(14-6-1)49(40-15-7-2-8-16-40)43-27-23-37(24-28-43)47-33-31-35-21-22-36-32-34-48(46(36)45(35)47)38-25-29-44(30-26-38)50(41-17-9-3-10-18-41)42-19-11-4-12-20-42;23-17-3-7-19(8-4-17)25-13-11-15-1-2-16-12-14-26(22(16)21(15)25)20-9-5-18(24)6-10-20;1-3-7-11(8-4-1)13-12-9-5-2-6-10-12;1-2-8-4-6-12-10(8)9-7(1)3-5-11-9;7-5-1-3-6(8)4-2-5;/h1-34H;1-14H;1-10,13H;1-6,11-12H;1-4H;1H4. The van der Waals surface area contributed by atoms with Crippen LogP contribution in [0.1, 0.15) is 7.43 Å². The van der Waals surface area contributed by atoms with E-state index in [1.807, 2.05) is 85.2 Å². The molecule has 13 heteroatoms. The Morgan fingerprint density at radius 1 is 0.245 bits per heavy atom. The average Bonchev–Trinajstić information content (AvgIpc) is 1.59. The Kier molecular flexibility index (Phi) is 23.0. The average molecular weight is 1730 g/mol. The molecule has 0 unspecified atom stereocenters. The summed E-state index contributed by atoms with van der Waals surface area (Å²) in [7, 11) is 0. The number of fused-ring (bicyclic) bond motifs is 9. The number of H-pyrrole nitrogens is 2. The van der Waals surface area contributed by atoms with Gasteiger partial charge in [0.25, 0.3) is 0 Å². The highest BCUT2D eigenvalue weighted by Crippen LogP contribution is 2.40. The van der Waals surface area contributed by atoms with Crippen LogP contribution in [0.5, 0.6) is 0 Å². The van der Waals surface area contributed by atoms with Crippen molar-refractivity contribution in [1.82, 2.24) is 28.2 Å². The fourth-order valence-corrected chi connectivity index (χ4v) is 14.9. The summed E-state index contributed by atoms with van der Waals surface area (Å²) in [6, 6.07) is 131. The van der Waals surface area contributed by atoms with E-state index in [1.54, 1.807) is 0 Å². The van der Waals surface area contributed by atoms with Crippen molar-refractivity contribution in [2.75, 3.05) is 15.1 Å². The second kappa shape index (κ2) is 34.4. The molecule has 20 rings (SSSR count). The fourth-order valence-electron chi connectivity index (χ4n) is 13.8. The molecule has 0 fully saturated rings. The summed E-state index contributed by atoms with van der Waals surface area (Å²) in [5.74, 6) is 0. The lowest BCUT2D eigenvalue weighted by atomic mass is 10.1. The van der Waals surface area contributed by atoms with Gasteiger partial charge in [0.2, 0.25) is 0 Å². The molecule has 110 heavy (non-hydrogen) atoms. The number of rotatable bonds is 12. The first-order chi connectivity index (χ1) is 53.7. The van der Waals surface area contributed by atoms with Crippen LogP contribution < -0.4 is 15.1 Å². The minimum Gasteiger partial charge on any atom is -0.359 e. The number of benzene rings is 14. The van der Waals surface area contributed by atoms with E-state index >= 15 is 0 Å². The number of aromatic nitrogens is 6. The number of hydrogen-bond donors (Lipinski definition) is 3. The molecule has 9 nitrogen and oxygen atoms in total. The quantitative estimate of drug-likeness (QED) is 0.107. The van der Waals surface area contributed by atoms with Gasteiger partial charge in [0.1, 0.15) is 0 Å². The molecule has 0 atom stereocenters. The molecule has 0 saturated heterocycles. The minimum absolute atomic E-state index is 0. The van der Waals surface area contributed by atoms with Gasteiger partial charge in [0.15, 0.2) is 0 Å². The molecule has 0 aliphatic heterocycles. The lowest BCUT2D eigenvalue weighted by Crippen LogP contribution is -2.09. The molecule has 0 aliphatic rings. The number of anilines is 8. The number of nitrogens with zero attached hydrogens (tertiary/aromatic N) is 6. The van der Waals surface area contributed by atoms with Crippen LogP contribution in [0.4, 0.5) is 45.5 Å². The van der Waals surface area contributed by atoms with E-state index in [2.05, 4.69) is 442 Å². The second-order valence-electron chi connectivity index (χ2n) is 25.9. The summed E-state index contributed by atoms with van der Waals surface area (Å²) in [6.07, 6.45) is 12.6. The molecule has 14 aromatic carbocycles. The summed E-state index contributed by atoms with van der Waals surface area (Å²) < 4.78 is 13.7. The Bertz CT molecular complexity index is 5860. The zero-order chi connectivity index (χ0) is 73.8.